The first-order valence-corrected chi connectivity index (χ1v) is 6.58. The second-order valence-electron chi connectivity index (χ2n) is 3.85. The molecule has 0 fully saturated rings. The van der Waals surface area contributed by atoms with E-state index in [0.29, 0.717) is 27.8 Å². The van der Waals surface area contributed by atoms with Gasteiger partial charge in [-0.3, -0.25) is 0 Å². The van der Waals surface area contributed by atoms with E-state index in [1.165, 1.54) is 0 Å². The molecule has 0 bridgehead atoms. The molecule has 19 heavy (non-hydrogen) atoms. The van der Waals surface area contributed by atoms with Crippen molar-refractivity contribution < 1.29 is 9.15 Å². The number of hydrogen-bond acceptors (Lipinski definition) is 5. The molecule has 0 saturated heterocycles. The van der Waals surface area contributed by atoms with Gasteiger partial charge in [-0.1, -0.05) is 22.9 Å². The number of benzene rings is 2. The van der Waals surface area contributed by atoms with Crippen LogP contribution in [0, 0.1) is 0 Å². The number of rotatable bonds is 2. The van der Waals surface area contributed by atoms with Gasteiger partial charge in [0.05, 0.1) is 10.4 Å². The summed E-state index contributed by atoms with van der Waals surface area (Å²) in [7, 11) is 0. The summed E-state index contributed by atoms with van der Waals surface area (Å²) in [6, 6.07) is 10.2. The largest absolute Gasteiger partial charge is 0.455 e. The summed E-state index contributed by atoms with van der Waals surface area (Å²) in [6.45, 7) is 0. The first kappa shape index (κ1) is 12.1. The van der Waals surface area contributed by atoms with Gasteiger partial charge in [-0.25, -0.2) is 4.79 Å². The molecule has 4 nitrogen and oxygen atoms in total. The van der Waals surface area contributed by atoms with Crippen LogP contribution in [0.4, 0.5) is 5.69 Å². The maximum Gasteiger partial charge on any atom is 0.396 e. The summed E-state index contributed by atoms with van der Waals surface area (Å²) in [6.07, 6.45) is 0. The third-order valence-electron chi connectivity index (χ3n) is 2.50. The van der Waals surface area contributed by atoms with Crippen molar-refractivity contribution in [3.63, 3.8) is 0 Å². The predicted octanol–water partition coefficient (Wildman–Crippen LogP) is 3.88. The Balaban J connectivity index is 1.98. The lowest BCUT2D eigenvalue weighted by Crippen LogP contribution is -1.91. The molecule has 6 heteroatoms. The molecule has 0 spiro atoms. The predicted molar refractivity (Wildman–Crippen MR) is 76.3 cm³/mol. The lowest BCUT2D eigenvalue weighted by molar-refractivity contribution is 0.483. The van der Waals surface area contributed by atoms with Gasteiger partial charge < -0.3 is 14.9 Å². The normalized spacial score (nSPS) is 10.8. The highest BCUT2D eigenvalue weighted by molar-refractivity contribution is 7.16. The lowest BCUT2D eigenvalue weighted by atomic mass is 10.3. The Morgan fingerprint density at radius 2 is 2.05 bits per heavy atom. The van der Waals surface area contributed by atoms with E-state index >= 15 is 0 Å². The Morgan fingerprint density at radius 3 is 2.84 bits per heavy atom. The zero-order chi connectivity index (χ0) is 13.4. The second kappa shape index (κ2) is 4.60. The molecule has 1 aromatic heterocycles. The lowest BCUT2D eigenvalue weighted by Gasteiger charge is -2.08. The van der Waals surface area contributed by atoms with E-state index in [1.807, 2.05) is 0 Å². The van der Waals surface area contributed by atoms with E-state index in [1.54, 1.807) is 36.4 Å². The molecule has 0 aliphatic carbocycles. The molecule has 0 amide bonds. The van der Waals surface area contributed by atoms with Crippen LogP contribution in [0.1, 0.15) is 0 Å². The van der Waals surface area contributed by atoms with E-state index in [2.05, 4.69) is 0 Å². The van der Waals surface area contributed by atoms with Gasteiger partial charge in [-0.15, -0.1) is 0 Å². The van der Waals surface area contributed by atoms with Crippen LogP contribution in [-0.4, -0.2) is 0 Å². The van der Waals surface area contributed by atoms with Crippen LogP contribution in [0.5, 0.6) is 11.5 Å². The zero-order valence-electron chi connectivity index (χ0n) is 9.55. The quantitative estimate of drug-likeness (QED) is 0.728. The Hall–Kier alpha value is -1.98. The van der Waals surface area contributed by atoms with Crippen LogP contribution in [0.2, 0.25) is 5.02 Å². The summed E-state index contributed by atoms with van der Waals surface area (Å²) < 4.78 is 11.4. The van der Waals surface area contributed by atoms with E-state index in [0.717, 1.165) is 16.0 Å². The molecule has 3 aromatic rings. The minimum absolute atomic E-state index is 0.335. The smallest absolute Gasteiger partial charge is 0.396 e. The molecule has 0 radical (unpaired) electrons. The van der Waals surface area contributed by atoms with Gasteiger partial charge in [0, 0.05) is 11.1 Å². The van der Waals surface area contributed by atoms with E-state index in [4.69, 9.17) is 26.5 Å². The maximum atomic E-state index is 11.1. The molecule has 0 saturated carbocycles. The fraction of sp³-hybridized carbons (Fsp3) is 0. The molecule has 2 N–H and O–H groups in total. The standard InChI is InChI=1S/C13H8ClNO3S/c14-7-1-3-10(9(15)5-7)17-8-2-4-12-11(6-8)18-13(16)19-12/h1-6H,15H2. The number of nitrogens with two attached hydrogens (primary N) is 1. The SMILES string of the molecule is Nc1cc(Cl)ccc1Oc1ccc2sc(=O)oc2c1. The van der Waals surface area contributed by atoms with Crippen molar-refractivity contribution in [1.82, 2.24) is 0 Å². The average molecular weight is 294 g/mol. The third-order valence-corrected chi connectivity index (χ3v) is 3.54. The van der Waals surface area contributed by atoms with Crippen molar-refractivity contribution in [2.45, 2.75) is 0 Å². The molecule has 3 rings (SSSR count). The molecular weight excluding hydrogens is 286 g/mol. The molecule has 1 heterocycles. The fourth-order valence-corrected chi connectivity index (χ4v) is 2.48. The topological polar surface area (TPSA) is 65.5 Å². The van der Waals surface area contributed by atoms with E-state index < -0.39 is 0 Å². The minimum Gasteiger partial charge on any atom is -0.455 e. The van der Waals surface area contributed by atoms with E-state index in [-0.39, 0.29) is 4.94 Å². The Morgan fingerprint density at radius 1 is 1.21 bits per heavy atom. The van der Waals surface area contributed by atoms with Crippen LogP contribution in [0.25, 0.3) is 10.3 Å². The number of ether oxygens (including phenoxy) is 1. The van der Waals surface area contributed by atoms with Gasteiger partial charge in [-0.05, 0) is 30.3 Å². The average Bonchev–Trinajstić information content (AvgIpc) is 2.72. The zero-order valence-corrected chi connectivity index (χ0v) is 11.1. The Bertz CT molecular complexity index is 809. The van der Waals surface area contributed by atoms with Gasteiger partial charge in [0.15, 0.2) is 5.58 Å². The highest BCUT2D eigenvalue weighted by Gasteiger charge is 2.06. The fourth-order valence-electron chi connectivity index (χ4n) is 1.66. The molecule has 0 aliphatic heterocycles. The highest BCUT2D eigenvalue weighted by atomic mass is 35.5. The summed E-state index contributed by atoms with van der Waals surface area (Å²) in [5, 5.41) is 0.545. The summed E-state index contributed by atoms with van der Waals surface area (Å²) >= 11 is 6.87. The number of hydrogen-bond donors (Lipinski definition) is 1. The minimum atomic E-state index is -0.335. The van der Waals surface area contributed by atoms with Crippen molar-refractivity contribution in [3.05, 3.63) is 51.2 Å². The molecular formula is C13H8ClNO3S. The molecule has 2 aromatic carbocycles. The number of fused-ring (bicyclic) bond motifs is 1. The van der Waals surface area contributed by atoms with Gasteiger partial charge in [0.25, 0.3) is 0 Å². The molecule has 0 unspecified atom stereocenters. The van der Waals surface area contributed by atoms with Crippen LogP contribution in [0.15, 0.2) is 45.6 Å². The van der Waals surface area contributed by atoms with Crippen LogP contribution < -0.4 is 15.4 Å². The van der Waals surface area contributed by atoms with Crippen LogP contribution >= 0.6 is 22.9 Å². The van der Waals surface area contributed by atoms with Crippen molar-refractivity contribution >= 4 is 38.9 Å². The van der Waals surface area contributed by atoms with Gasteiger partial charge in [0.1, 0.15) is 11.5 Å². The second-order valence-corrected chi connectivity index (χ2v) is 5.26. The molecule has 0 aliphatic rings. The van der Waals surface area contributed by atoms with Crippen LogP contribution in [-0.2, 0) is 0 Å². The van der Waals surface area contributed by atoms with Crippen molar-refractivity contribution in [1.29, 1.82) is 0 Å². The third kappa shape index (κ3) is 2.43. The van der Waals surface area contributed by atoms with Gasteiger partial charge in [0.2, 0.25) is 0 Å². The first-order chi connectivity index (χ1) is 9.11. The summed E-state index contributed by atoms with van der Waals surface area (Å²) in [4.78, 5) is 10.8. The molecule has 96 valence electrons. The Labute approximate surface area is 117 Å². The maximum absolute atomic E-state index is 11.1. The van der Waals surface area contributed by atoms with Crippen LogP contribution in [0.3, 0.4) is 0 Å². The number of anilines is 1. The van der Waals surface area contributed by atoms with Gasteiger partial charge in [-0.2, -0.15) is 0 Å². The summed E-state index contributed by atoms with van der Waals surface area (Å²) in [5.74, 6) is 1.05. The van der Waals surface area contributed by atoms with E-state index in [9.17, 15) is 4.79 Å². The van der Waals surface area contributed by atoms with Crippen molar-refractivity contribution in [2.24, 2.45) is 0 Å². The monoisotopic (exact) mass is 293 g/mol. The van der Waals surface area contributed by atoms with Crippen molar-refractivity contribution in [2.75, 3.05) is 5.73 Å². The van der Waals surface area contributed by atoms with Crippen molar-refractivity contribution in [3.8, 4) is 11.5 Å². The summed E-state index contributed by atoms with van der Waals surface area (Å²) in [5.41, 5.74) is 6.75. The number of nitrogen functional groups attached to an aromatic ring is 1. The first-order valence-electron chi connectivity index (χ1n) is 5.38. The highest BCUT2D eigenvalue weighted by Crippen LogP contribution is 2.31. The van der Waals surface area contributed by atoms with Gasteiger partial charge >= 0.3 is 4.94 Å². The Kier molecular flexibility index (Phi) is 2.93. The molecule has 0 atom stereocenters. The number of halogens is 1.